The maximum atomic E-state index is 11.8. The van der Waals surface area contributed by atoms with Crippen LogP contribution in [0.2, 0.25) is 0 Å². The van der Waals surface area contributed by atoms with Gasteiger partial charge in [-0.1, -0.05) is 42.3 Å². The van der Waals surface area contributed by atoms with E-state index in [-0.39, 0.29) is 12.4 Å². The van der Waals surface area contributed by atoms with Crippen molar-refractivity contribution in [1.29, 1.82) is 0 Å². The Morgan fingerprint density at radius 3 is 2.65 bits per heavy atom. The second kappa shape index (κ2) is 13.4. The Morgan fingerprint density at radius 1 is 1.00 bits per heavy atom. The summed E-state index contributed by atoms with van der Waals surface area (Å²) >= 11 is 0. The lowest BCUT2D eigenvalue weighted by molar-refractivity contribution is -0.139. The fourth-order valence-corrected chi connectivity index (χ4v) is 6.82. The summed E-state index contributed by atoms with van der Waals surface area (Å²) in [5.41, 5.74) is 5.37. The lowest BCUT2D eigenvalue weighted by Crippen LogP contribution is -2.39. The number of hydrogen-bond donors (Lipinski definition) is 1. The number of pyridine rings is 1. The molecule has 0 unspecified atom stereocenters. The third-order valence-electron chi connectivity index (χ3n) is 9.01. The van der Waals surface area contributed by atoms with Crippen molar-refractivity contribution < 1.29 is 14.1 Å². The first-order valence-corrected chi connectivity index (χ1v) is 15.6. The van der Waals surface area contributed by atoms with Crippen molar-refractivity contribution in [3.8, 4) is 22.5 Å². The minimum Gasteiger partial charge on any atom is -0.469 e. The van der Waals surface area contributed by atoms with Crippen LogP contribution in [0.5, 0.6) is 0 Å². The first kappa shape index (κ1) is 28.9. The van der Waals surface area contributed by atoms with Gasteiger partial charge in [-0.15, -0.1) is 0 Å². The number of ether oxygens (including phenoxy) is 1. The van der Waals surface area contributed by atoms with E-state index >= 15 is 0 Å². The van der Waals surface area contributed by atoms with Crippen LogP contribution in [0.3, 0.4) is 0 Å². The minimum atomic E-state index is -0.230. The van der Waals surface area contributed by atoms with Gasteiger partial charge in [0.1, 0.15) is 5.82 Å². The second-order valence-corrected chi connectivity index (χ2v) is 12.1. The number of hydrogen-bond acceptors (Lipinski definition) is 8. The molecule has 0 bridgehead atoms. The van der Waals surface area contributed by atoms with E-state index < -0.39 is 0 Å². The number of aryl methyl sites for hydroxylation is 1. The highest BCUT2D eigenvalue weighted by molar-refractivity contribution is 5.74. The van der Waals surface area contributed by atoms with Gasteiger partial charge in [-0.3, -0.25) is 4.79 Å². The largest absolute Gasteiger partial charge is 0.469 e. The van der Waals surface area contributed by atoms with Crippen LogP contribution in [-0.2, 0) is 16.0 Å². The molecular weight excluding hydrogens is 538 g/mol. The molecule has 224 valence electrons. The average molecular weight is 580 g/mol. The highest BCUT2D eigenvalue weighted by Crippen LogP contribution is 2.36. The number of carbonyl (C=O) groups is 1. The molecule has 4 aromatic rings. The summed E-state index contributed by atoms with van der Waals surface area (Å²) in [7, 11) is 1.43. The van der Waals surface area contributed by atoms with Crippen molar-refractivity contribution in [3.63, 3.8) is 0 Å². The molecule has 3 atom stereocenters. The van der Waals surface area contributed by atoms with E-state index in [0.717, 1.165) is 41.2 Å². The van der Waals surface area contributed by atoms with Crippen molar-refractivity contribution in [2.24, 2.45) is 11.8 Å². The summed E-state index contributed by atoms with van der Waals surface area (Å²) in [6.45, 7) is 4.01. The van der Waals surface area contributed by atoms with E-state index in [9.17, 15) is 4.79 Å². The number of piperidine rings is 1. The zero-order chi connectivity index (χ0) is 29.6. The first-order valence-electron chi connectivity index (χ1n) is 15.6. The predicted molar refractivity (Wildman–Crippen MR) is 169 cm³/mol. The Hall–Kier alpha value is -4.20. The van der Waals surface area contributed by atoms with Crippen LogP contribution in [0, 0.1) is 18.8 Å². The molecule has 2 fully saturated rings. The molecule has 6 rings (SSSR count). The lowest BCUT2D eigenvalue weighted by atomic mass is 9.77. The molecule has 1 saturated heterocycles. The van der Waals surface area contributed by atoms with Gasteiger partial charge in [0.15, 0.2) is 0 Å². The SMILES string of the molecule is COC(=O)Cc1cccc(-c2ccnc(N[C@@H]3CCCC[C@H]3C[C@H]3CCCN(c4ccc(-c5noc(C)n5)cc4)C3)c2)c1. The van der Waals surface area contributed by atoms with Gasteiger partial charge in [0.2, 0.25) is 11.7 Å². The highest BCUT2D eigenvalue weighted by atomic mass is 16.5. The van der Waals surface area contributed by atoms with Crippen molar-refractivity contribution in [3.05, 3.63) is 78.3 Å². The van der Waals surface area contributed by atoms with Gasteiger partial charge in [-0.2, -0.15) is 4.98 Å². The summed E-state index contributed by atoms with van der Waals surface area (Å²) in [4.78, 5) is 23.4. The van der Waals surface area contributed by atoms with Crippen LogP contribution in [0.4, 0.5) is 11.5 Å². The molecule has 1 aliphatic heterocycles. The number of nitrogens with one attached hydrogen (secondary N) is 1. The van der Waals surface area contributed by atoms with Crippen molar-refractivity contribution in [2.75, 3.05) is 30.4 Å². The third kappa shape index (κ3) is 7.24. The highest BCUT2D eigenvalue weighted by Gasteiger charge is 2.30. The number of nitrogens with zero attached hydrogens (tertiary/aromatic N) is 4. The fourth-order valence-electron chi connectivity index (χ4n) is 6.82. The Kier molecular flexibility index (Phi) is 9.01. The summed E-state index contributed by atoms with van der Waals surface area (Å²) in [6.07, 6.45) is 10.9. The van der Waals surface area contributed by atoms with Crippen molar-refractivity contribution in [1.82, 2.24) is 15.1 Å². The molecule has 3 heterocycles. The van der Waals surface area contributed by atoms with Gasteiger partial charge in [0, 0.05) is 43.5 Å². The van der Waals surface area contributed by atoms with Crippen LogP contribution < -0.4 is 10.2 Å². The first-order chi connectivity index (χ1) is 21.0. The van der Waals surface area contributed by atoms with E-state index in [1.807, 2.05) is 31.3 Å². The van der Waals surface area contributed by atoms with E-state index in [2.05, 4.69) is 62.8 Å². The standard InChI is InChI=1S/C35H41N5O3/c1-24-37-35(39-43-24)27-12-14-31(15-13-27)40-18-6-8-26(23-40)20-30-9-3-4-11-32(30)38-33-22-29(16-17-36-33)28-10-5-7-25(19-28)21-34(41)42-2/h5,7,10,12-17,19,22,26,30,32H,3-4,6,8-9,11,18,20-21,23H2,1-2H3,(H,36,38)/t26-,30+,32-/m1/s1. The predicted octanol–water partition coefficient (Wildman–Crippen LogP) is 7.10. The molecule has 2 aliphatic rings. The Bertz CT molecular complexity index is 1520. The topological polar surface area (TPSA) is 93.4 Å². The van der Waals surface area contributed by atoms with Gasteiger partial charge in [-0.05, 0) is 97.0 Å². The molecule has 43 heavy (non-hydrogen) atoms. The zero-order valence-electron chi connectivity index (χ0n) is 25.2. The number of carbonyl (C=O) groups excluding carboxylic acids is 1. The number of rotatable bonds is 9. The maximum Gasteiger partial charge on any atom is 0.309 e. The van der Waals surface area contributed by atoms with Crippen LogP contribution in [0.15, 0.2) is 71.4 Å². The molecule has 2 aromatic carbocycles. The Morgan fingerprint density at radius 2 is 1.84 bits per heavy atom. The molecule has 0 radical (unpaired) electrons. The molecule has 8 heteroatoms. The summed E-state index contributed by atoms with van der Waals surface area (Å²) in [6, 6.07) is 21.3. The third-order valence-corrected chi connectivity index (χ3v) is 9.01. The van der Waals surface area contributed by atoms with Crippen molar-refractivity contribution in [2.45, 2.75) is 64.3 Å². The summed E-state index contributed by atoms with van der Waals surface area (Å²) in [5.74, 6) is 3.23. The average Bonchev–Trinajstić information content (AvgIpc) is 3.48. The Labute approximate surface area is 253 Å². The summed E-state index contributed by atoms with van der Waals surface area (Å²) in [5, 5.41) is 7.89. The molecule has 8 nitrogen and oxygen atoms in total. The molecule has 1 aliphatic carbocycles. The van der Waals surface area contributed by atoms with Gasteiger partial charge < -0.3 is 19.5 Å². The zero-order valence-corrected chi connectivity index (χ0v) is 25.2. The normalized spacial score (nSPS) is 20.5. The molecular formula is C35H41N5O3. The Balaban J connectivity index is 1.09. The number of esters is 1. The van der Waals surface area contributed by atoms with Gasteiger partial charge in [0.25, 0.3) is 0 Å². The van der Waals surface area contributed by atoms with Crippen LogP contribution >= 0.6 is 0 Å². The van der Waals surface area contributed by atoms with E-state index in [1.54, 1.807) is 0 Å². The molecule has 0 amide bonds. The molecule has 0 spiro atoms. The van der Waals surface area contributed by atoms with E-state index in [4.69, 9.17) is 14.2 Å². The quantitative estimate of drug-likeness (QED) is 0.210. The van der Waals surface area contributed by atoms with E-state index in [1.165, 1.54) is 57.7 Å². The van der Waals surface area contributed by atoms with Crippen LogP contribution in [0.1, 0.15) is 56.4 Å². The number of anilines is 2. The molecule has 2 aromatic heterocycles. The van der Waals surface area contributed by atoms with Crippen molar-refractivity contribution >= 4 is 17.5 Å². The lowest BCUT2D eigenvalue weighted by Gasteiger charge is -2.39. The number of aromatic nitrogens is 3. The molecule has 1 saturated carbocycles. The second-order valence-electron chi connectivity index (χ2n) is 12.1. The molecule has 1 N–H and O–H groups in total. The van der Waals surface area contributed by atoms with Crippen LogP contribution in [-0.4, -0.2) is 47.3 Å². The van der Waals surface area contributed by atoms with Gasteiger partial charge in [0.05, 0.1) is 13.5 Å². The minimum absolute atomic E-state index is 0.230. The number of methoxy groups -OCH3 is 1. The number of benzene rings is 2. The van der Waals surface area contributed by atoms with Crippen LogP contribution in [0.25, 0.3) is 22.5 Å². The van der Waals surface area contributed by atoms with Gasteiger partial charge >= 0.3 is 5.97 Å². The summed E-state index contributed by atoms with van der Waals surface area (Å²) < 4.78 is 10.00. The van der Waals surface area contributed by atoms with Gasteiger partial charge in [-0.25, -0.2) is 4.98 Å². The monoisotopic (exact) mass is 579 g/mol. The smallest absolute Gasteiger partial charge is 0.309 e. The van der Waals surface area contributed by atoms with E-state index in [0.29, 0.717) is 29.6 Å². The maximum absolute atomic E-state index is 11.8. The fraction of sp³-hybridized carbons (Fsp3) is 0.429.